The predicted octanol–water partition coefficient (Wildman–Crippen LogP) is 10.7. The fourth-order valence-corrected chi connectivity index (χ4v) is 6.55. The van der Waals surface area contributed by atoms with Crippen molar-refractivity contribution in [2.75, 3.05) is 61.9 Å². The molecular weight excluding hydrogens is 963 g/mol. The molecule has 0 bridgehead atoms. The van der Waals surface area contributed by atoms with E-state index < -0.39 is 11.6 Å². The number of anilines is 8. The molecule has 4 aromatic heterocycles. The number of hydrogen-bond donors (Lipinski definition) is 6. The van der Waals surface area contributed by atoms with Crippen LogP contribution in [0.2, 0.25) is 0 Å². The van der Waals surface area contributed by atoms with Crippen LogP contribution in [0.1, 0.15) is 37.6 Å². The van der Waals surface area contributed by atoms with E-state index in [0.717, 1.165) is 40.7 Å². The van der Waals surface area contributed by atoms with Gasteiger partial charge in [-0.3, -0.25) is 9.59 Å². The van der Waals surface area contributed by atoms with E-state index in [0.29, 0.717) is 61.5 Å². The third-order valence-electron chi connectivity index (χ3n) is 10.1. The average Bonchev–Trinajstić information content (AvgIpc) is 4.13. The number of carbonyl (C=O) groups is 2. The molecule has 0 fully saturated rings. The lowest BCUT2D eigenvalue weighted by atomic mass is 10.1. The standard InChI is InChI=1S/C27H27FN6O3.C26H25FN6O3.2CH4/c1-36-14-15-37-23-10-8-20(9-11-23)33-27-31-18-24(28)26(34-27)32-21-5-2-4-19(16-21)17-22(35)6-3-7-25-29-12-13-30-25;1-35-14-15-36-22-9-6-20(7-10-22)32-26-30-17-23(27)25(33-26)31-19-4-2-18(3-5-19)16-21(34)8-11-24-28-12-13-29-24;;/h2-6,8-13,16,18H,7,14-15,17H2,1H3,(H,29,30)(H2,31,32,33,34);2-13,17H,14-16H2,1H3,(H,28,29)(H2,30,31,32,33);2*1H4/b6-3+;11-8+;;. The molecule has 390 valence electrons. The molecule has 0 radical (unpaired) electrons. The molecule has 0 unspecified atom stereocenters. The number of aromatic amines is 2. The van der Waals surface area contributed by atoms with Crippen molar-refractivity contribution in [2.24, 2.45) is 0 Å². The van der Waals surface area contributed by atoms with Gasteiger partial charge < -0.3 is 50.2 Å². The van der Waals surface area contributed by atoms with Crippen LogP contribution < -0.4 is 30.7 Å². The van der Waals surface area contributed by atoms with Crippen LogP contribution in [-0.2, 0) is 38.3 Å². The quantitative estimate of drug-likeness (QED) is 0.0231. The summed E-state index contributed by atoms with van der Waals surface area (Å²) in [6.07, 6.45) is 16.3. The van der Waals surface area contributed by atoms with Crippen LogP contribution in [0, 0.1) is 11.6 Å². The van der Waals surface area contributed by atoms with Gasteiger partial charge in [-0.15, -0.1) is 0 Å². The summed E-state index contributed by atoms with van der Waals surface area (Å²) in [5, 5.41) is 12.0. The topological polar surface area (TPSA) is 228 Å². The molecule has 4 heterocycles. The van der Waals surface area contributed by atoms with Crippen molar-refractivity contribution < 1.29 is 37.3 Å². The van der Waals surface area contributed by atoms with Gasteiger partial charge in [0.15, 0.2) is 34.8 Å². The van der Waals surface area contributed by atoms with Crippen molar-refractivity contribution >= 4 is 63.9 Å². The molecule has 6 N–H and O–H groups in total. The molecule has 20 heteroatoms. The molecule has 75 heavy (non-hydrogen) atoms. The summed E-state index contributed by atoms with van der Waals surface area (Å²) >= 11 is 0. The number of ether oxygens (including phenoxy) is 4. The third-order valence-corrected chi connectivity index (χ3v) is 10.1. The number of hydrogen-bond acceptors (Lipinski definition) is 16. The number of nitrogens with one attached hydrogen (secondary N) is 6. The zero-order chi connectivity index (χ0) is 51.0. The Bertz CT molecular complexity index is 3030. The normalized spacial score (nSPS) is 10.7. The second-order valence-electron chi connectivity index (χ2n) is 15.6. The van der Waals surface area contributed by atoms with Crippen LogP contribution in [-0.4, -0.2) is 92.1 Å². The molecule has 0 aliphatic heterocycles. The summed E-state index contributed by atoms with van der Waals surface area (Å²) in [5.41, 5.74) is 4.29. The van der Waals surface area contributed by atoms with E-state index in [9.17, 15) is 18.4 Å². The lowest BCUT2D eigenvalue weighted by Gasteiger charge is -2.11. The predicted molar refractivity (Wildman–Crippen MR) is 288 cm³/mol. The molecule has 0 atom stereocenters. The Morgan fingerprint density at radius 3 is 1.64 bits per heavy atom. The number of rotatable bonds is 25. The molecule has 18 nitrogen and oxygen atoms in total. The fraction of sp³-hybridized carbons (Fsp3) is 0.200. The lowest BCUT2D eigenvalue weighted by molar-refractivity contribution is -0.114. The largest absolute Gasteiger partial charge is 0.491 e. The van der Waals surface area contributed by atoms with Crippen LogP contribution >= 0.6 is 0 Å². The van der Waals surface area contributed by atoms with Gasteiger partial charge in [0.1, 0.15) is 36.4 Å². The fourth-order valence-electron chi connectivity index (χ4n) is 6.55. The molecule has 8 rings (SSSR count). The van der Waals surface area contributed by atoms with E-state index in [1.807, 2.05) is 30.3 Å². The minimum atomic E-state index is -0.602. The maximum atomic E-state index is 14.4. The first-order valence-electron chi connectivity index (χ1n) is 22.8. The summed E-state index contributed by atoms with van der Waals surface area (Å²) in [7, 11) is 3.23. The van der Waals surface area contributed by atoms with Crippen LogP contribution in [0.25, 0.3) is 6.08 Å². The smallest absolute Gasteiger partial charge is 0.229 e. The molecule has 0 saturated heterocycles. The third kappa shape index (κ3) is 19.1. The summed E-state index contributed by atoms with van der Waals surface area (Å²) in [6.45, 7) is 1.92. The van der Waals surface area contributed by atoms with Gasteiger partial charge in [0.05, 0.1) is 25.6 Å². The zero-order valence-corrected chi connectivity index (χ0v) is 39.8. The van der Waals surface area contributed by atoms with E-state index in [4.69, 9.17) is 18.9 Å². The van der Waals surface area contributed by atoms with Crippen molar-refractivity contribution in [1.29, 1.82) is 0 Å². The highest BCUT2D eigenvalue weighted by Crippen LogP contribution is 2.25. The Morgan fingerprint density at radius 2 is 1.09 bits per heavy atom. The summed E-state index contributed by atoms with van der Waals surface area (Å²) < 4.78 is 49.8. The minimum absolute atomic E-state index is 0. The van der Waals surface area contributed by atoms with Crippen LogP contribution in [0.15, 0.2) is 152 Å². The Balaban J connectivity index is 0.000000270. The number of imidazole rings is 2. The first kappa shape index (κ1) is 56.8. The van der Waals surface area contributed by atoms with E-state index in [1.54, 1.807) is 124 Å². The number of halogens is 2. The molecule has 0 saturated carbocycles. The number of benzene rings is 4. The van der Waals surface area contributed by atoms with Crippen LogP contribution in [0.4, 0.5) is 55.1 Å². The monoisotopic (exact) mass is 1020 g/mol. The maximum absolute atomic E-state index is 14.4. The Kier molecular flexibility index (Phi) is 22.7. The van der Waals surface area contributed by atoms with E-state index >= 15 is 0 Å². The molecule has 0 aliphatic rings. The van der Waals surface area contributed by atoms with Crippen LogP contribution in [0.5, 0.6) is 11.5 Å². The van der Waals surface area contributed by atoms with Gasteiger partial charge in [0.25, 0.3) is 0 Å². The van der Waals surface area contributed by atoms with Gasteiger partial charge in [-0.25, -0.2) is 28.7 Å². The van der Waals surface area contributed by atoms with Crippen molar-refractivity contribution in [1.82, 2.24) is 39.9 Å². The molecule has 4 aromatic carbocycles. The highest BCUT2D eigenvalue weighted by atomic mass is 19.1. The van der Waals surface area contributed by atoms with Gasteiger partial charge in [-0.1, -0.05) is 45.2 Å². The second-order valence-corrected chi connectivity index (χ2v) is 15.6. The number of carbonyl (C=O) groups excluding carboxylic acids is 2. The number of H-pyrrole nitrogens is 2. The highest BCUT2D eigenvalue weighted by Gasteiger charge is 2.12. The summed E-state index contributed by atoms with van der Waals surface area (Å²) in [6, 6.07) is 28.8. The lowest BCUT2D eigenvalue weighted by Crippen LogP contribution is -2.05. The number of aromatic nitrogens is 8. The maximum Gasteiger partial charge on any atom is 0.229 e. The average molecular weight is 1020 g/mol. The van der Waals surface area contributed by atoms with Crippen molar-refractivity contribution in [3.05, 3.63) is 187 Å². The van der Waals surface area contributed by atoms with E-state index in [1.165, 1.54) is 6.08 Å². The molecule has 8 aromatic rings. The van der Waals surface area contributed by atoms with Crippen molar-refractivity contribution in [3.63, 3.8) is 0 Å². The molecule has 0 spiro atoms. The first-order chi connectivity index (χ1) is 35.7. The summed E-state index contributed by atoms with van der Waals surface area (Å²) in [5.74, 6) is 2.03. The number of nitrogens with zero attached hydrogens (tertiary/aromatic N) is 6. The number of allylic oxidation sites excluding steroid dienone is 3. The highest BCUT2D eigenvalue weighted by molar-refractivity contribution is 5.94. The number of ketones is 2. The van der Waals surface area contributed by atoms with Gasteiger partial charge in [0, 0.05) is 81.0 Å². The van der Waals surface area contributed by atoms with Crippen LogP contribution in [0.3, 0.4) is 0 Å². The van der Waals surface area contributed by atoms with Gasteiger partial charge in [-0.05, 0) is 102 Å². The van der Waals surface area contributed by atoms with Crippen molar-refractivity contribution in [3.8, 4) is 11.5 Å². The van der Waals surface area contributed by atoms with Gasteiger partial charge >= 0.3 is 0 Å². The number of methoxy groups -OCH3 is 2. The second kappa shape index (κ2) is 30.0. The Labute approximate surface area is 434 Å². The van der Waals surface area contributed by atoms with E-state index in [-0.39, 0.29) is 62.8 Å². The van der Waals surface area contributed by atoms with E-state index in [2.05, 4.69) is 61.1 Å². The zero-order valence-electron chi connectivity index (χ0n) is 39.8. The summed E-state index contributed by atoms with van der Waals surface area (Å²) in [4.78, 5) is 55.1. The molecule has 0 aliphatic carbocycles. The minimum Gasteiger partial charge on any atom is -0.491 e. The first-order valence-corrected chi connectivity index (χ1v) is 22.8. The van der Waals surface area contributed by atoms with Crippen molar-refractivity contribution in [2.45, 2.75) is 34.1 Å². The molecular formula is C55H60F2N12O6. The Hall–Kier alpha value is -9.14. The van der Waals surface area contributed by atoms with Gasteiger partial charge in [-0.2, -0.15) is 9.97 Å². The van der Waals surface area contributed by atoms with Gasteiger partial charge in [0.2, 0.25) is 11.9 Å². The molecule has 0 amide bonds. The Morgan fingerprint density at radius 1 is 0.573 bits per heavy atom. The SMILES string of the molecule is C.C.COCCOc1ccc(Nc2ncc(F)c(Nc3ccc(CC(=O)/C=C/c4ncc[nH]4)cc3)n2)cc1.COCCOc1ccc(Nc2ncc(F)c(Nc3cccc(CC(=O)/C=C/Cc4ncc[nH]4)c3)n2)cc1.